The molecule has 0 N–H and O–H groups in total. The zero-order chi connectivity index (χ0) is 18.1. The number of rotatable bonds is 4. The van der Waals surface area contributed by atoms with Crippen LogP contribution in [0.2, 0.25) is 0 Å². The predicted molar refractivity (Wildman–Crippen MR) is 98.0 cm³/mol. The molecule has 2 aliphatic rings. The Morgan fingerprint density at radius 3 is 3.00 bits per heavy atom. The largest absolute Gasteiger partial charge is 0.475 e. The van der Waals surface area contributed by atoms with Crippen LogP contribution in [0.15, 0.2) is 35.8 Å². The van der Waals surface area contributed by atoms with E-state index in [0.29, 0.717) is 12.5 Å². The highest BCUT2D eigenvalue weighted by molar-refractivity contribution is 7.12. The molecule has 26 heavy (non-hydrogen) atoms. The van der Waals surface area contributed by atoms with E-state index in [9.17, 15) is 9.18 Å². The number of likely N-dealkylation sites (N-methyl/N-ethyl adjacent to an activating group) is 1. The fraction of sp³-hybridized carbons (Fsp3) is 0.474. The number of amides is 1. The normalized spacial score (nSPS) is 22.2. The zero-order valence-corrected chi connectivity index (χ0v) is 15.5. The molecule has 2 aromatic rings. The van der Waals surface area contributed by atoms with Crippen molar-refractivity contribution in [3.05, 3.63) is 46.5 Å². The molecule has 1 atom stereocenters. The summed E-state index contributed by atoms with van der Waals surface area (Å²) in [5.74, 6) is 0.106. The molecule has 1 amide bonds. The van der Waals surface area contributed by atoms with E-state index in [-0.39, 0.29) is 17.3 Å². The number of carbonyl (C=O) groups is 1. The minimum absolute atomic E-state index is 0.0157. The Bertz CT molecular complexity index is 777. The van der Waals surface area contributed by atoms with Gasteiger partial charge in [-0.3, -0.25) is 9.69 Å². The van der Waals surface area contributed by atoms with Gasteiger partial charge in [-0.05, 0) is 55.9 Å². The van der Waals surface area contributed by atoms with Gasteiger partial charge in [0, 0.05) is 19.3 Å². The number of thiophene rings is 1. The van der Waals surface area contributed by atoms with Crippen LogP contribution in [0.5, 0.6) is 5.88 Å². The first-order chi connectivity index (χ1) is 12.6. The average Bonchev–Trinajstić information content (AvgIpc) is 3.14. The van der Waals surface area contributed by atoms with Crippen molar-refractivity contribution in [3.8, 4) is 5.88 Å². The summed E-state index contributed by atoms with van der Waals surface area (Å²) in [6, 6.07) is 6.70. The minimum atomic E-state index is -0.425. The summed E-state index contributed by atoms with van der Waals surface area (Å²) >= 11 is 1.48. The SMILES string of the molecule is CN1CC[C@@H](COc2ncccc2F)CC12CN(C(=O)c1cccs1)C2. The Morgan fingerprint density at radius 1 is 1.42 bits per heavy atom. The van der Waals surface area contributed by atoms with Gasteiger partial charge in [0.05, 0.1) is 17.0 Å². The van der Waals surface area contributed by atoms with Gasteiger partial charge in [0.15, 0.2) is 5.82 Å². The molecule has 2 aromatic heterocycles. The number of carbonyl (C=O) groups excluding carboxylic acids is 1. The van der Waals surface area contributed by atoms with E-state index in [1.165, 1.54) is 23.6 Å². The minimum Gasteiger partial charge on any atom is -0.475 e. The summed E-state index contributed by atoms with van der Waals surface area (Å²) < 4.78 is 19.3. The number of nitrogens with zero attached hydrogens (tertiary/aromatic N) is 3. The van der Waals surface area contributed by atoms with Gasteiger partial charge in [-0.1, -0.05) is 6.07 Å². The third-order valence-corrected chi connectivity index (χ3v) is 6.38. The molecule has 0 radical (unpaired) electrons. The van der Waals surface area contributed by atoms with E-state index in [2.05, 4.69) is 16.9 Å². The molecule has 2 saturated heterocycles. The van der Waals surface area contributed by atoms with Crippen LogP contribution >= 0.6 is 11.3 Å². The van der Waals surface area contributed by atoms with Crippen molar-refractivity contribution in [2.24, 2.45) is 5.92 Å². The molecule has 0 aromatic carbocycles. The average molecular weight is 375 g/mol. The van der Waals surface area contributed by atoms with Crippen molar-refractivity contribution < 1.29 is 13.9 Å². The van der Waals surface area contributed by atoms with Gasteiger partial charge in [-0.2, -0.15) is 0 Å². The fourth-order valence-corrected chi connectivity index (χ4v) is 4.65. The van der Waals surface area contributed by atoms with Gasteiger partial charge >= 0.3 is 0 Å². The molecule has 4 heterocycles. The third-order valence-electron chi connectivity index (χ3n) is 5.52. The molecule has 0 saturated carbocycles. The summed E-state index contributed by atoms with van der Waals surface area (Å²) in [7, 11) is 2.13. The summed E-state index contributed by atoms with van der Waals surface area (Å²) in [4.78, 5) is 21.5. The number of piperidine rings is 1. The molecule has 5 nitrogen and oxygen atoms in total. The van der Waals surface area contributed by atoms with Gasteiger partial charge in [0.1, 0.15) is 0 Å². The van der Waals surface area contributed by atoms with Gasteiger partial charge in [0.2, 0.25) is 5.88 Å². The summed E-state index contributed by atoms with van der Waals surface area (Å²) in [6.07, 6.45) is 3.49. The topological polar surface area (TPSA) is 45.7 Å². The smallest absolute Gasteiger partial charge is 0.264 e. The van der Waals surface area contributed by atoms with Crippen LogP contribution in [0.3, 0.4) is 0 Å². The third kappa shape index (κ3) is 3.21. The van der Waals surface area contributed by atoms with Gasteiger partial charge in [0.25, 0.3) is 5.91 Å². The first-order valence-corrected chi connectivity index (χ1v) is 9.73. The van der Waals surface area contributed by atoms with E-state index in [1.807, 2.05) is 22.4 Å². The molecule has 0 bridgehead atoms. The van der Waals surface area contributed by atoms with Crippen molar-refractivity contribution in [2.75, 3.05) is 33.3 Å². The summed E-state index contributed by atoms with van der Waals surface area (Å²) in [6.45, 7) is 2.91. The van der Waals surface area contributed by atoms with Crippen molar-refractivity contribution >= 4 is 17.2 Å². The molecule has 2 aliphatic heterocycles. The number of ether oxygens (including phenoxy) is 1. The maximum Gasteiger partial charge on any atom is 0.264 e. The van der Waals surface area contributed by atoms with Gasteiger partial charge < -0.3 is 9.64 Å². The Morgan fingerprint density at radius 2 is 2.27 bits per heavy atom. The van der Waals surface area contributed by atoms with Crippen molar-refractivity contribution in [3.63, 3.8) is 0 Å². The van der Waals surface area contributed by atoms with E-state index in [1.54, 1.807) is 6.07 Å². The Hall–Kier alpha value is -1.99. The van der Waals surface area contributed by atoms with Crippen molar-refractivity contribution in [1.29, 1.82) is 0 Å². The Kier molecular flexibility index (Phi) is 4.67. The second-order valence-corrected chi connectivity index (χ2v) is 8.19. The lowest BCUT2D eigenvalue weighted by Crippen LogP contribution is -2.72. The van der Waals surface area contributed by atoms with E-state index in [0.717, 1.165) is 37.4 Å². The number of hydrogen-bond donors (Lipinski definition) is 0. The summed E-state index contributed by atoms with van der Waals surface area (Å²) in [5, 5.41) is 1.93. The van der Waals surface area contributed by atoms with E-state index < -0.39 is 5.82 Å². The highest BCUT2D eigenvalue weighted by atomic mass is 32.1. The van der Waals surface area contributed by atoms with E-state index >= 15 is 0 Å². The summed E-state index contributed by atoms with van der Waals surface area (Å²) in [5.41, 5.74) is 0.0157. The number of hydrogen-bond acceptors (Lipinski definition) is 5. The highest BCUT2D eigenvalue weighted by Gasteiger charge is 2.51. The predicted octanol–water partition coefficient (Wildman–Crippen LogP) is 2.90. The van der Waals surface area contributed by atoms with Gasteiger partial charge in [-0.25, -0.2) is 9.37 Å². The molecule has 7 heteroatoms. The molecule has 0 unspecified atom stereocenters. The highest BCUT2D eigenvalue weighted by Crippen LogP contribution is 2.39. The standard InChI is InChI=1S/C19H22FN3O2S/c1-22-8-6-14(11-25-17-15(20)4-2-7-21-17)10-19(22)12-23(13-19)18(24)16-5-3-9-26-16/h2-5,7,9,14H,6,8,10-13H2,1H3/t14-/m1/s1. The first kappa shape index (κ1) is 17.4. The molecule has 0 aliphatic carbocycles. The number of pyridine rings is 1. The number of aromatic nitrogens is 1. The molecular formula is C19H22FN3O2S. The van der Waals surface area contributed by atoms with E-state index in [4.69, 9.17) is 4.74 Å². The van der Waals surface area contributed by atoms with Crippen LogP contribution in [-0.2, 0) is 0 Å². The number of likely N-dealkylation sites (tertiary alicyclic amines) is 2. The van der Waals surface area contributed by atoms with Crippen LogP contribution in [0.1, 0.15) is 22.5 Å². The lowest BCUT2D eigenvalue weighted by molar-refractivity contribution is -0.0695. The molecule has 2 fully saturated rings. The Labute approximate surface area is 156 Å². The Balaban J connectivity index is 1.36. The van der Waals surface area contributed by atoms with Crippen molar-refractivity contribution in [1.82, 2.24) is 14.8 Å². The first-order valence-electron chi connectivity index (χ1n) is 8.85. The zero-order valence-electron chi connectivity index (χ0n) is 14.7. The lowest BCUT2D eigenvalue weighted by Gasteiger charge is -2.58. The second-order valence-electron chi connectivity index (χ2n) is 7.24. The molecular weight excluding hydrogens is 353 g/mol. The maximum atomic E-state index is 13.7. The molecule has 1 spiro atoms. The molecule has 138 valence electrons. The van der Waals surface area contributed by atoms with Crippen LogP contribution in [-0.4, -0.2) is 59.5 Å². The van der Waals surface area contributed by atoms with Crippen LogP contribution < -0.4 is 4.74 Å². The van der Waals surface area contributed by atoms with Crippen LogP contribution in [0.25, 0.3) is 0 Å². The van der Waals surface area contributed by atoms with Crippen LogP contribution in [0, 0.1) is 11.7 Å². The fourth-order valence-electron chi connectivity index (χ4n) is 3.96. The van der Waals surface area contributed by atoms with Crippen LogP contribution in [0.4, 0.5) is 4.39 Å². The second kappa shape index (κ2) is 6.96. The van der Waals surface area contributed by atoms with Crippen molar-refractivity contribution in [2.45, 2.75) is 18.4 Å². The monoisotopic (exact) mass is 375 g/mol. The lowest BCUT2D eigenvalue weighted by atomic mass is 9.75. The number of halogens is 1. The maximum absolute atomic E-state index is 13.7. The molecule has 4 rings (SSSR count). The van der Waals surface area contributed by atoms with Gasteiger partial charge in [-0.15, -0.1) is 11.3 Å². The quantitative estimate of drug-likeness (QED) is 0.824.